The summed E-state index contributed by atoms with van der Waals surface area (Å²) in [5, 5.41) is 6.95. The first kappa shape index (κ1) is 14.9. The molecule has 102 valence electrons. The van der Waals surface area contributed by atoms with Crippen molar-refractivity contribution in [2.24, 2.45) is 0 Å². The average molecular weight is 314 g/mol. The topological polar surface area (TPSA) is 12.0 Å². The number of benzene rings is 1. The van der Waals surface area contributed by atoms with Gasteiger partial charge in [-0.15, -0.1) is 11.3 Å². The van der Waals surface area contributed by atoms with E-state index in [4.69, 9.17) is 23.2 Å². The summed E-state index contributed by atoms with van der Waals surface area (Å²) in [6.07, 6.45) is 1.92. The number of likely N-dealkylation sites (N-methyl/N-ethyl adjacent to an activating group) is 1. The van der Waals surface area contributed by atoms with Gasteiger partial charge in [0.25, 0.3) is 0 Å². The second-order valence-corrected chi connectivity index (χ2v) is 6.27. The minimum Gasteiger partial charge on any atom is -0.314 e. The molecule has 0 bridgehead atoms. The highest BCUT2D eigenvalue weighted by molar-refractivity contribution is 7.09. The second kappa shape index (κ2) is 7.30. The maximum atomic E-state index is 6.26. The average Bonchev–Trinajstić information content (AvgIpc) is 2.88. The van der Waals surface area contributed by atoms with Gasteiger partial charge >= 0.3 is 0 Å². The van der Waals surface area contributed by atoms with Crippen LogP contribution < -0.4 is 5.32 Å². The van der Waals surface area contributed by atoms with Crippen molar-refractivity contribution < 1.29 is 0 Å². The Morgan fingerprint density at radius 1 is 1.16 bits per heavy atom. The summed E-state index contributed by atoms with van der Waals surface area (Å²) in [5.41, 5.74) is 1.11. The van der Waals surface area contributed by atoms with Gasteiger partial charge in [0.15, 0.2) is 0 Å². The Morgan fingerprint density at radius 2 is 2.00 bits per heavy atom. The molecule has 1 nitrogen and oxygen atoms in total. The lowest BCUT2D eigenvalue weighted by atomic mass is 10.0. The fourth-order valence-corrected chi connectivity index (χ4v) is 3.33. The molecule has 1 N–H and O–H groups in total. The van der Waals surface area contributed by atoms with Gasteiger partial charge < -0.3 is 5.32 Å². The van der Waals surface area contributed by atoms with Crippen LogP contribution in [0.25, 0.3) is 0 Å². The number of nitrogens with one attached hydrogen (secondary N) is 1. The van der Waals surface area contributed by atoms with Crippen molar-refractivity contribution in [2.75, 3.05) is 6.54 Å². The predicted octanol–water partition coefficient (Wildman–Crippen LogP) is 4.82. The van der Waals surface area contributed by atoms with Crippen LogP contribution in [0.3, 0.4) is 0 Å². The molecule has 4 heteroatoms. The van der Waals surface area contributed by atoms with Crippen LogP contribution in [0.2, 0.25) is 10.0 Å². The number of rotatable bonds is 6. The number of halogens is 2. The Balaban J connectivity index is 2.09. The van der Waals surface area contributed by atoms with E-state index in [-0.39, 0.29) is 0 Å². The fraction of sp³-hybridized carbons (Fsp3) is 0.333. The molecule has 1 heterocycles. The molecule has 0 saturated heterocycles. The summed E-state index contributed by atoms with van der Waals surface area (Å²) < 4.78 is 0. The zero-order valence-electron chi connectivity index (χ0n) is 10.8. The third-order valence-electron chi connectivity index (χ3n) is 3.02. The van der Waals surface area contributed by atoms with E-state index in [0.717, 1.165) is 24.9 Å². The van der Waals surface area contributed by atoms with E-state index >= 15 is 0 Å². The Kier molecular flexibility index (Phi) is 5.71. The molecular weight excluding hydrogens is 297 g/mol. The molecule has 1 unspecified atom stereocenters. The van der Waals surface area contributed by atoms with Crippen LogP contribution in [0.1, 0.15) is 17.4 Å². The van der Waals surface area contributed by atoms with Gasteiger partial charge in [-0.1, -0.05) is 48.3 Å². The molecule has 19 heavy (non-hydrogen) atoms. The maximum absolute atomic E-state index is 6.26. The number of hydrogen-bond acceptors (Lipinski definition) is 2. The fourth-order valence-electron chi connectivity index (χ4n) is 2.15. The van der Waals surface area contributed by atoms with Gasteiger partial charge in [0.05, 0.1) is 10.0 Å². The third-order valence-corrected chi connectivity index (χ3v) is 4.78. The third kappa shape index (κ3) is 4.22. The van der Waals surface area contributed by atoms with E-state index in [1.165, 1.54) is 4.88 Å². The Labute approximate surface area is 128 Å². The van der Waals surface area contributed by atoms with Crippen LogP contribution in [0.5, 0.6) is 0 Å². The molecule has 2 rings (SSSR count). The lowest BCUT2D eigenvalue weighted by molar-refractivity contribution is 0.524. The summed E-state index contributed by atoms with van der Waals surface area (Å²) in [4.78, 5) is 1.39. The second-order valence-electron chi connectivity index (χ2n) is 4.46. The zero-order valence-corrected chi connectivity index (χ0v) is 13.2. The Morgan fingerprint density at radius 3 is 2.68 bits per heavy atom. The molecule has 1 aromatic carbocycles. The monoisotopic (exact) mass is 313 g/mol. The molecule has 1 aromatic heterocycles. The van der Waals surface area contributed by atoms with Crippen molar-refractivity contribution in [3.8, 4) is 0 Å². The van der Waals surface area contributed by atoms with E-state index in [9.17, 15) is 0 Å². The van der Waals surface area contributed by atoms with Crippen molar-refractivity contribution >= 4 is 34.5 Å². The van der Waals surface area contributed by atoms with Crippen LogP contribution in [-0.2, 0) is 12.8 Å². The summed E-state index contributed by atoms with van der Waals surface area (Å²) in [7, 11) is 0. The molecular formula is C15H17Cl2NS. The maximum Gasteiger partial charge on any atom is 0.0624 e. The van der Waals surface area contributed by atoms with Crippen molar-refractivity contribution in [1.82, 2.24) is 5.32 Å². The van der Waals surface area contributed by atoms with Gasteiger partial charge in [-0.05, 0) is 42.5 Å². The molecule has 2 aromatic rings. The van der Waals surface area contributed by atoms with Crippen LogP contribution in [0.4, 0.5) is 0 Å². The van der Waals surface area contributed by atoms with Crippen LogP contribution >= 0.6 is 34.5 Å². The van der Waals surface area contributed by atoms with E-state index < -0.39 is 0 Å². The van der Waals surface area contributed by atoms with Crippen molar-refractivity contribution in [3.63, 3.8) is 0 Å². The van der Waals surface area contributed by atoms with Gasteiger partial charge in [0.2, 0.25) is 0 Å². The van der Waals surface area contributed by atoms with E-state index in [1.807, 2.05) is 18.2 Å². The van der Waals surface area contributed by atoms with Crippen molar-refractivity contribution in [3.05, 3.63) is 56.2 Å². The highest BCUT2D eigenvalue weighted by Crippen LogP contribution is 2.27. The first-order chi connectivity index (χ1) is 9.20. The summed E-state index contributed by atoms with van der Waals surface area (Å²) in [5.74, 6) is 0. The molecule has 0 fully saturated rings. The van der Waals surface area contributed by atoms with E-state index in [0.29, 0.717) is 16.1 Å². The summed E-state index contributed by atoms with van der Waals surface area (Å²) >= 11 is 14.1. The van der Waals surface area contributed by atoms with Crippen molar-refractivity contribution in [1.29, 1.82) is 0 Å². The van der Waals surface area contributed by atoms with E-state index in [1.54, 1.807) is 11.3 Å². The first-order valence-corrected chi connectivity index (χ1v) is 8.03. The molecule has 0 radical (unpaired) electrons. The predicted molar refractivity (Wildman–Crippen MR) is 85.7 cm³/mol. The van der Waals surface area contributed by atoms with Gasteiger partial charge in [0.1, 0.15) is 0 Å². The molecule has 0 aliphatic rings. The highest BCUT2D eigenvalue weighted by Gasteiger charge is 2.13. The summed E-state index contributed by atoms with van der Waals surface area (Å²) in [6, 6.07) is 10.5. The van der Waals surface area contributed by atoms with Gasteiger partial charge in [-0.2, -0.15) is 0 Å². The first-order valence-electron chi connectivity index (χ1n) is 6.39. The SMILES string of the molecule is CCNC(Cc1cccs1)Cc1cccc(Cl)c1Cl. The lowest BCUT2D eigenvalue weighted by Crippen LogP contribution is -2.32. The lowest BCUT2D eigenvalue weighted by Gasteiger charge is -2.18. The minimum absolute atomic E-state index is 0.389. The highest BCUT2D eigenvalue weighted by atomic mass is 35.5. The van der Waals surface area contributed by atoms with Crippen LogP contribution in [0.15, 0.2) is 35.7 Å². The molecule has 0 aliphatic carbocycles. The number of thiophene rings is 1. The van der Waals surface area contributed by atoms with Crippen molar-refractivity contribution in [2.45, 2.75) is 25.8 Å². The quantitative estimate of drug-likeness (QED) is 0.806. The minimum atomic E-state index is 0.389. The van der Waals surface area contributed by atoms with Gasteiger partial charge in [-0.3, -0.25) is 0 Å². The van der Waals surface area contributed by atoms with Gasteiger partial charge in [0, 0.05) is 10.9 Å². The number of hydrogen-bond donors (Lipinski definition) is 1. The van der Waals surface area contributed by atoms with Crippen LogP contribution in [-0.4, -0.2) is 12.6 Å². The molecule has 0 spiro atoms. The molecule has 1 atom stereocenters. The van der Waals surface area contributed by atoms with Gasteiger partial charge in [-0.25, -0.2) is 0 Å². The molecule has 0 saturated carbocycles. The Hall–Kier alpha value is -0.540. The van der Waals surface area contributed by atoms with E-state index in [2.05, 4.69) is 29.8 Å². The molecule has 0 aliphatic heterocycles. The Bertz CT molecular complexity index is 511. The standard InChI is InChI=1S/C15H17Cl2NS/c1-2-18-12(10-13-6-4-8-19-13)9-11-5-3-7-14(16)15(11)17/h3-8,12,18H,2,9-10H2,1H3. The summed E-state index contributed by atoms with van der Waals surface area (Å²) in [6.45, 7) is 3.08. The normalized spacial score (nSPS) is 12.6. The zero-order chi connectivity index (χ0) is 13.7. The molecule has 0 amide bonds. The van der Waals surface area contributed by atoms with Crippen LogP contribution in [0, 0.1) is 0 Å². The largest absolute Gasteiger partial charge is 0.314 e. The smallest absolute Gasteiger partial charge is 0.0624 e.